The fourth-order valence-corrected chi connectivity index (χ4v) is 7.09. The number of esters is 2. The number of carbonyl (C=O) groups is 2. The zero-order valence-electron chi connectivity index (χ0n) is 29.4. The first kappa shape index (κ1) is 37.5. The number of hydrogen-bond donors (Lipinski definition) is 1. The van der Waals surface area contributed by atoms with E-state index in [9.17, 15) is 9.59 Å². The number of benzene rings is 3. The van der Waals surface area contributed by atoms with Crippen molar-refractivity contribution in [2.75, 3.05) is 26.9 Å². The molecule has 3 aromatic carbocycles. The van der Waals surface area contributed by atoms with Gasteiger partial charge in [0.15, 0.2) is 0 Å². The third-order valence-electron chi connectivity index (χ3n) is 9.09. The number of aromatic nitrogens is 1. The Morgan fingerprint density at radius 1 is 0.922 bits per heavy atom. The SMILES string of the molecule is C=CCOCCCCCCOc1ccc(C(=O)Oc2ccc(OC(=O)C3CCC(CC)CC3)cc2C(=NN)c2nc3ccc(OC)cc3s2)cc1. The lowest BCUT2D eigenvalue weighted by molar-refractivity contribution is -0.140. The molecule has 0 bridgehead atoms. The van der Waals surface area contributed by atoms with E-state index in [2.05, 4.69) is 18.6 Å². The molecule has 0 aliphatic heterocycles. The quantitative estimate of drug-likeness (QED) is 0.0205. The molecule has 51 heavy (non-hydrogen) atoms. The Bertz CT molecular complexity index is 1800. The Hall–Kier alpha value is -4.74. The molecule has 0 atom stereocenters. The van der Waals surface area contributed by atoms with Gasteiger partial charge in [-0.1, -0.05) is 25.8 Å². The third kappa shape index (κ3) is 10.4. The number of nitrogens with two attached hydrogens (primary N) is 1. The highest BCUT2D eigenvalue weighted by atomic mass is 32.1. The van der Waals surface area contributed by atoms with Crippen molar-refractivity contribution in [3.05, 3.63) is 89.5 Å². The topological polar surface area (TPSA) is 132 Å². The molecule has 5 rings (SSSR count). The van der Waals surface area contributed by atoms with E-state index >= 15 is 0 Å². The van der Waals surface area contributed by atoms with Gasteiger partial charge in [0.25, 0.3) is 0 Å². The number of unbranched alkanes of at least 4 members (excludes halogenated alkanes) is 3. The second-order valence-electron chi connectivity index (χ2n) is 12.6. The Balaban J connectivity index is 1.30. The van der Waals surface area contributed by atoms with E-state index in [1.54, 1.807) is 55.7 Å². The average Bonchev–Trinajstić information content (AvgIpc) is 3.58. The van der Waals surface area contributed by atoms with Crippen molar-refractivity contribution in [1.29, 1.82) is 0 Å². The van der Waals surface area contributed by atoms with Crippen molar-refractivity contribution in [3.63, 3.8) is 0 Å². The van der Waals surface area contributed by atoms with Gasteiger partial charge in [0.2, 0.25) is 0 Å². The van der Waals surface area contributed by atoms with Crippen molar-refractivity contribution in [2.24, 2.45) is 22.8 Å². The van der Waals surface area contributed by atoms with Crippen molar-refractivity contribution in [3.8, 4) is 23.0 Å². The molecule has 0 spiro atoms. The Morgan fingerprint density at radius 3 is 2.35 bits per heavy atom. The van der Waals surface area contributed by atoms with E-state index < -0.39 is 5.97 Å². The Kier molecular flexibility index (Phi) is 14.0. The molecule has 1 saturated carbocycles. The van der Waals surface area contributed by atoms with Gasteiger partial charge in [0, 0.05) is 6.61 Å². The molecular formula is C40H47N3O7S. The highest BCUT2D eigenvalue weighted by Crippen LogP contribution is 2.35. The summed E-state index contributed by atoms with van der Waals surface area (Å²) in [7, 11) is 1.60. The molecule has 1 aliphatic carbocycles. The maximum absolute atomic E-state index is 13.4. The highest BCUT2D eigenvalue weighted by Gasteiger charge is 2.28. The number of hydrazone groups is 1. The minimum absolute atomic E-state index is 0.157. The summed E-state index contributed by atoms with van der Waals surface area (Å²) >= 11 is 1.37. The van der Waals surface area contributed by atoms with E-state index in [1.165, 1.54) is 11.3 Å². The van der Waals surface area contributed by atoms with Crippen LogP contribution in [0, 0.1) is 11.8 Å². The zero-order valence-corrected chi connectivity index (χ0v) is 30.3. The fourth-order valence-electron chi connectivity index (χ4n) is 6.09. The molecule has 0 radical (unpaired) electrons. The number of fused-ring (bicyclic) bond motifs is 1. The first-order chi connectivity index (χ1) is 24.9. The molecule has 11 heteroatoms. The predicted octanol–water partition coefficient (Wildman–Crippen LogP) is 8.50. The van der Waals surface area contributed by atoms with E-state index in [-0.39, 0.29) is 23.3 Å². The minimum atomic E-state index is -0.579. The van der Waals surface area contributed by atoms with Crippen LogP contribution < -0.4 is 24.8 Å². The average molecular weight is 714 g/mol. The molecule has 1 aromatic heterocycles. The van der Waals surface area contributed by atoms with Gasteiger partial charge in [0.1, 0.15) is 33.7 Å². The summed E-state index contributed by atoms with van der Waals surface area (Å²) in [5.74, 6) is 7.50. The van der Waals surface area contributed by atoms with Crippen LogP contribution in [0.25, 0.3) is 10.2 Å². The van der Waals surface area contributed by atoms with Crippen LogP contribution in [0.2, 0.25) is 0 Å². The van der Waals surface area contributed by atoms with Crippen LogP contribution in [-0.4, -0.2) is 49.6 Å². The zero-order chi connectivity index (χ0) is 36.0. The summed E-state index contributed by atoms with van der Waals surface area (Å²) in [5.41, 5.74) is 1.72. The fraction of sp³-hybridized carbons (Fsp3) is 0.400. The molecule has 1 heterocycles. The Morgan fingerprint density at radius 2 is 1.65 bits per heavy atom. The van der Waals surface area contributed by atoms with Crippen LogP contribution in [-0.2, 0) is 9.53 Å². The standard InChI is InChI=1S/C40H47N3O7S/c1-4-22-47-23-8-6-7-9-24-48-30-16-14-29(15-17-30)40(45)50-35-21-19-32(49-39(44)28-12-10-27(5-2)11-13-28)25-33(35)37(43-41)38-42-34-20-18-31(46-3)26-36(34)51-38/h4,14-21,25-28H,1,5-13,22-24,41H2,2-3H3. The van der Waals surface area contributed by atoms with Gasteiger partial charge in [0.05, 0.1) is 47.6 Å². The lowest BCUT2D eigenvalue weighted by Gasteiger charge is -2.26. The van der Waals surface area contributed by atoms with E-state index in [0.717, 1.165) is 74.6 Å². The smallest absolute Gasteiger partial charge is 0.343 e. The van der Waals surface area contributed by atoms with E-state index in [0.29, 0.717) is 52.5 Å². The van der Waals surface area contributed by atoms with Gasteiger partial charge in [-0.15, -0.1) is 17.9 Å². The molecular weight excluding hydrogens is 667 g/mol. The number of ether oxygens (including phenoxy) is 5. The molecule has 10 nitrogen and oxygen atoms in total. The van der Waals surface area contributed by atoms with Crippen molar-refractivity contribution >= 4 is 39.2 Å². The van der Waals surface area contributed by atoms with Gasteiger partial charge in [-0.3, -0.25) is 4.79 Å². The van der Waals surface area contributed by atoms with Crippen molar-refractivity contribution in [2.45, 2.75) is 64.7 Å². The van der Waals surface area contributed by atoms with Gasteiger partial charge in [-0.2, -0.15) is 5.10 Å². The highest BCUT2D eigenvalue weighted by molar-refractivity contribution is 7.20. The number of thiazole rings is 1. The van der Waals surface area contributed by atoms with Crippen LogP contribution in [0.15, 0.2) is 78.4 Å². The summed E-state index contributed by atoms with van der Waals surface area (Å²) in [6.07, 6.45) is 10.6. The predicted molar refractivity (Wildman–Crippen MR) is 200 cm³/mol. The molecule has 270 valence electrons. The number of rotatable bonds is 18. The summed E-state index contributed by atoms with van der Waals surface area (Å²) in [6, 6.07) is 17.2. The Labute approximate surface area is 303 Å². The third-order valence-corrected chi connectivity index (χ3v) is 10.1. The summed E-state index contributed by atoms with van der Waals surface area (Å²) in [5, 5.41) is 4.59. The monoisotopic (exact) mass is 713 g/mol. The van der Waals surface area contributed by atoms with Gasteiger partial charge >= 0.3 is 11.9 Å². The molecule has 1 aliphatic rings. The van der Waals surface area contributed by atoms with Gasteiger partial charge in [-0.05, 0) is 112 Å². The van der Waals surface area contributed by atoms with Crippen molar-refractivity contribution in [1.82, 2.24) is 4.98 Å². The molecule has 0 saturated heterocycles. The number of nitrogens with zero attached hydrogens (tertiary/aromatic N) is 2. The van der Waals surface area contributed by atoms with E-state index in [1.807, 2.05) is 18.2 Å². The molecule has 0 amide bonds. The second kappa shape index (κ2) is 19.0. The van der Waals surface area contributed by atoms with Crippen LogP contribution in [0.5, 0.6) is 23.0 Å². The lowest BCUT2D eigenvalue weighted by Crippen LogP contribution is -2.25. The van der Waals surface area contributed by atoms with E-state index in [4.69, 9.17) is 34.5 Å². The lowest BCUT2D eigenvalue weighted by atomic mass is 9.81. The van der Waals surface area contributed by atoms with Crippen molar-refractivity contribution < 1.29 is 33.3 Å². The number of carbonyl (C=O) groups excluding carboxylic acids is 2. The summed E-state index contributed by atoms with van der Waals surface area (Å²) < 4.78 is 29.4. The van der Waals surface area contributed by atoms with Crippen LogP contribution in [0.4, 0.5) is 0 Å². The number of hydrogen-bond acceptors (Lipinski definition) is 11. The number of methoxy groups -OCH3 is 1. The molecule has 2 N–H and O–H groups in total. The summed E-state index contributed by atoms with van der Waals surface area (Å²) in [4.78, 5) is 31.4. The molecule has 1 fully saturated rings. The largest absolute Gasteiger partial charge is 0.497 e. The van der Waals surface area contributed by atoms with Gasteiger partial charge < -0.3 is 29.5 Å². The minimum Gasteiger partial charge on any atom is -0.497 e. The normalized spacial score (nSPS) is 16.1. The van der Waals surface area contributed by atoms with Gasteiger partial charge in [-0.25, -0.2) is 9.78 Å². The van der Waals surface area contributed by atoms with Crippen LogP contribution >= 0.6 is 11.3 Å². The first-order valence-electron chi connectivity index (χ1n) is 17.6. The molecule has 4 aromatic rings. The second-order valence-corrected chi connectivity index (χ2v) is 13.6. The first-order valence-corrected chi connectivity index (χ1v) is 18.5. The maximum Gasteiger partial charge on any atom is 0.343 e. The maximum atomic E-state index is 13.4. The molecule has 0 unspecified atom stereocenters. The summed E-state index contributed by atoms with van der Waals surface area (Å²) in [6.45, 7) is 7.74. The van der Waals surface area contributed by atoms with Crippen LogP contribution in [0.3, 0.4) is 0 Å². The van der Waals surface area contributed by atoms with Crippen LogP contribution in [0.1, 0.15) is 85.6 Å².